The van der Waals surface area contributed by atoms with Crippen molar-refractivity contribution in [2.45, 2.75) is 6.18 Å². The van der Waals surface area contributed by atoms with Crippen LogP contribution in [0.15, 0.2) is 47.3 Å². The second kappa shape index (κ2) is 4.41. The van der Waals surface area contributed by atoms with Gasteiger partial charge in [-0.1, -0.05) is 18.2 Å². The van der Waals surface area contributed by atoms with Crippen LogP contribution >= 0.6 is 0 Å². The molecule has 0 amide bonds. The maximum Gasteiger partial charge on any atom is 0.418 e. The van der Waals surface area contributed by atoms with Crippen molar-refractivity contribution < 1.29 is 18.3 Å². The summed E-state index contributed by atoms with van der Waals surface area (Å²) in [5.41, 5.74) is -1.95. The summed E-state index contributed by atoms with van der Waals surface area (Å²) in [5.74, 6) is -0.280. The predicted octanol–water partition coefficient (Wildman–Crippen LogP) is 3.04. The van der Waals surface area contributed by atoms with Crippen molar-refractivity contribution in [1.82, 2.24) is 9.55 Å². The van der Waals surface area contributed by atoms with Crippen LogP contribution in [0.4, 0.5) is 13.2 Å². The second-order valence-electron chi connectivity index (χ2n) is 4.45. The Morgan fingerprint density at radius 3 is 2.43 bits per heavy atom. The van der Waals surface area contributed by atoms with E-state index in [1.54, 1.807) is 0 Å². The SMILES string of the molecule is O=c1[nH]c2cccc(C(F)(F)F)c2n1-c1ccccc1O. The van der Waals surface area contributed by atoms with E-state index in [0.717, 1.165) is 10.6 Å². The van der Waals surface area contributed by atoms with Gasteiger partial charge in [0.1, 0.15) is 5.75 Å². The number of aromatic hydroxyl groups is 1. The van der Waals surface area contributed by atoms with E-state index in [0.29, 0.717) is 0 Å². The monoisotopic (exact) mass is 294 g/mol. The number of alkyl halides is 3. The molecule has 108 valence electrons. The lowest BCUT2D eigenvalue weighted by Gasteiger charge is -2.11. The number of hydrogen-bond donors (Lipinski definition) is 2. The van der Waals surface area contributed by atoms with Crippen molar-refractivity contribution in [3.05, 3.63) is 58.5 Å². The number of imidazole rings is 1. The lowest BCUT2D eigenvalue weighted by molar-refractivity contribution is -0.136. The Kier molecular flexibility index (Phi) is 2.79. The lowest BCUT2D eigenvalue weighted by Crippen LogP contribution is -2.16. The zero-order chi connectivity index (χ0) is 15.2. The molecule has 0 bridgehead atoms. The first-order valence-electron chi connectivity index (χ1n) is 5.99. The molecule has 0 fully saturated rings. The van der Waals surface area contributed by atoms with Gasteiger partial charge in [0.15, 0.2) is 0 Å². The third-order valence-corrected chi connectivity index (χ3v) is 3.13. The van der Waals surface area contributed by atoms with E-state index in [-0.39, 0.29) is 22.5 Å². The van der Waals surface area contributed by atoms with E-state index in [9.17, 15) is 23.1 Å². The fourth-order valence-electron chi connectivity index (χ4n) is 2.27. The van der Waals surface area contributed by atoms with Crippen LogP contribution in [0.2, 0.25) is 0 Å². The predicted molar refractivity (Wildman–Crippen MR) is 70.6 cm³/mol. The zero-order valence-corrected chi connectivity index (χ0v) is 10.5. The van der Waals surface area contributed by atoms with Gasteiger partial charge in [0, 0.05) is 0 Å². The zero-order valence-electron chi connectivity index (χ0n) is 10.5. The van der Waals surface area contributed by atoms with Gasteiger partial charge in [-0.05, 0) is 24.3 Å². The molecule has 7 heteroatoms. The summed E-state index contributed by atoms with van der Waals surface area (Å²) < 4.78 is 40.2. The molecule has 21 heavy (non-hydrogen) atoms. The van der Waals surface area contributed by atoms with Crippen LogP contribution < -0.4 is 5.69 Å². The molecule has 0 atom stereocenters. The summed E-state index contributed by atoms with van der Waals surface area (Å²) in [4.78, 5) is 14.4. The Hall–Kier alpha value is -2.70. The van der Waals surface area contributed by atoms with Gasteiger partial charge in [-0.25, -0.2) is 4.79 Å². The van der Waals surface area contributed by atoms with Crippen LogP contribution in [-0.2, 0) is 6.18 Å². The van der Waals surface area contributed by atoms with E-state index in [1.165, 1.54) is 36.4 Å². The van der Waals surface area contributed by atoms with E-state index >= 15 is 0 Å². The third kappa shape index (κ3) is 2.06. The molecule has 4 nitrogen and oxygen atoms in total. The first-order valence-corrected chi connectivity index (χ1v) is 5.99. The van der Waals surface area contributed by atoms with Crippen LogP contribution in [0.3, 0.4) is 0 Å². The number of hydrogen-bond acceptors (Lipinski definition) is 2. The van der Waals surface area contributed by atoms with Crippen LogP contribution in [0.5, 0.6) is 5.75 Å². The fourth-order valence-corrected chi connectivity index (χ4v) is 2.27. The Balaban J connectivity index is 2.47. The highest BCUT2D eigenvalue weighted by atomic mass is 19.4. The summed E-state index contributed by atoms with van der Waals surface area (Å²) in [6, 6.07) is 9.21. The second-order valence-corrected chi connectivity index (χ2v) is 4.45. The normalized spacial score (nSPS) is 12.0. The number of aromatic amines is 1. The summed E-state index contributed by atoms with van der Waals surface area (Å²) in [6.45, 7) is 0. The van der Waals surface area contributed by atoms with Gasteiger partial charge in [-0.3, -0.25) is 4.57 Å². The minimum Gasteiger partial charge on any atom is -0.506 e. The fraction of sp³-hybridized carbons (Fsp3) is 0.0714. The highest BCUT2D eigenvalue weighted by Crippen LogP contribution is 2.35. The Bertz CT molecular complexity index is 878. The summed E-state index contributed by atoms with van der Waals surface area (Å²) in [5, 5.41) is 9.81. The molecule has 0 saturated heterocycles. The quantitative estimate of drug-likeness (QED) is 0.724. The van der Waals surface area contributed by atoms with Crippen LogP contribution in [-0.4, -0.2) is 14.7 Å². The largest absolute Gasteiger partial charge is 0.506 e. The molecule has 1 aromatic heterocycles. The Labute approximate surface area is 116 Å². The number of aromatic nitrogens is 2. The van der Waals surface area contributed by atoms with E-state index < -0.39 is 17.4 Å². The number of para-hydroxylation sites is 3. The van der Waals surface area contributed by atoms with Crippen LogP contribution in [0, 0.1) is 0 Å². The van der Waals surface area contributed by atoms with Crippen molar-refractivity contribution in [2.75, 3.05) is 0 Å². The maximum atomic E-state index is 13.1. The summed E-state index contributed by atoms with van der Waals surface area (Å²) in [6.07, 6.45) is -4.61. The number of nitrogens with one attached hydrogen (secondary N) is 1. The summed E-state index contributed by atoms with van der Waals surface area (Å²) >= 11 is 0. The minimum atomic E-state index is -4.61. The molecular weight excluding hydrogens is 285 g/mol. The number of H-pyrrole nitrogens is 1. The van der Waals surface area contributed by atoms with Gasteiger partial charge in [-0.15, -0.1) is 0 Å². The number of phenolic OH excluding ortho intramolecular Hbond substituents is 1. The number of phenols is 1. The Morgan fingerprint density at radius 1 is 1.05 bits per heavy atom. The minimum absolute atomic E-state index is 0.00884. The topological polar surface area (TPSA) is 58.0 Å². The molecule has 0 spiro atoms. The van der Waals surface area contributed by atoms with Crippen LogP contribution in [0.25, 0.3) is 16.7 Å². The van der Waals surface area contributed by atoms with E-state index in [4.69, 9.17) is 0 Å². The molecule has 1 heterocycles. The standard InChI is InChI=1S/C14H9F3N2O2/c15-14(16,17)8-4-3-5-9-12(8)19(13(21)18-9)10-6-1-2-7-11(10)20/h1-7,20H,(H,18,21). The van der Waals surface area contributed by atoms with Gasteiger partial charge in [0.2, 0.25) is 0 Å². The molecule has 0 saturated carbocycles. The summed E-state index contributed by atoms with van der Waals surface area (Å²) in [7, 11) is 0. The number of benzene rings is 2. The first kappa shape index (κ1) is 13.3. The molecule has 0 unspecified atom stereocenters. The van der Waals surface area contributed by atoms with Crippen molar-refractivity contribution in [3.8, 4) is 11.4 Å². The van der Waals surface area contributed by atoms with Gasteiger partial charge >= 0.3 is 11.9 Å². The molecule has 2 aromatic carbocycles. The first-order chi connectivity index (χ1) is 9.89. The third-order valence-electron chi connectivity index (χ3n) is 3.13. The molecular formula is C14H9F3N2O2. The lowest BCUT2D eigenvalue weighted by atomic mass is 10.1. The number of nitrogens with zero attached hydrogens (tertiary/aromatic N) is 1. The van der Waals surface area contributed by atoms with E-state index in [2.05, 4.69) is 4.98 Å². The van der Waals surface area contributed by atoms with E-state index in [1.807, 2.05) is 0 Å². The smallest absolute Gasteiger partial charge is 0.418 e. The van der Waals surface area contributed by atoms with Crippen molar-refractivity contribution in [3.63, 3.8) is 0 Å². The van der Waals surface area contributed by atoms with Crippen molar-refractivity contribution in [2.24, 2.45) is 0 Å². The average molecular weight is 294 g/mol. The highest BCUT2D eigenvalue weighted by Gasteiger charge is 2.34. The van der Waals surface area contributed by atoms with Gasteiger partial charge in [0.05, 0.1) is 22.3 Å². The number of halogens is 3. The van der Waals surface area contributed by atoms with Gasteiger partial charge in [-0.2, -0.15) is 13.2 Å². The molecule has 0 radical (unpaired) electrons. The molecule has 0 aliphatic heterocycles. The molecule has 0 aliphatic carbocycles. The average Bonchev–Trinajstić information content (AvgIpc) is 2.74. The Morgan fingerprint density at radius 2 is 1.76 bits per heavy atom. The maximum absolute atomic E-state index is 13.1. The molecule has 2 N–H and O–H groups in total. The number of fused-ring (bicyclic) bond motifs is 1. The highest BCUT2D eigenvalue weighted by molar-refractivity contribution is 5.82. The van der Waals surface area contributed by atoms with Crippen molar-refractivity contribution in [1.29, 1.82) is 0 Å². The van der Waals surface area contributed by atoms with Crippen molar-refractivity contribution >= 4 is 11.0 Å². The van der Waals surface area contributed by atoms with Crippen LogP contribution in [0.1, 0.15) is 5.56 Å². The number of rotatable bonds is 1. The molecule has 3 aromatic rings. The van der Waals surface area contributed by atoms with Gasteiger partial charge in [0.25, 0.3) is 0 Å². The van der Waals surface area contributed by atoms with Gasteiger partial charge < -0.3 is 10.1 Å². The molecule has 3 rings (SSSR count). The molecule has 0 aliphatic rings.